The van der Waals surface area contributed by atoms with Crippen molar-refractivity contribution in [3.05, 3.63) is 0 Å². The van der Waals surface area contributed by atoms with Crippen molar-refractivity contribution < 1.29 is 10.2 Å². The summed E-state index contributed by atoms with van der Waals surface area (Å²) in [6.45, 7) is 8.91. The molecule has 0 spiro atoms. The number of aliphatic hydroxyl groups excluding tert-OH is 2. The Balaban J connectivity index is 2.26. The summed E-state index contributed by atoms with van der Waals surface area (Å²) in [6.07, 6.45) is 6.97. The molecule has 1 saturated carbocycles. The van der Waals surface area contributed by atoms with E-state index in [2.05, 4.69) is 20.8 Å². The molecule has 0 aliphatic heterocycles. The van der Waals surface area contributed by atoms with Crippen molar-refractivity contribution in [3.63, 3.8) is 0 Å². The molecule has 0 saturated heterocycles. The molecule has 1 aliphatic carbocycles. The molecule has 2 nitrogen and oxygen atoms in total. The standard InChI is InChI=1S/C17H34O2/c1-5-16-12(2)11-13(3)17(16)10-9-15(19)8-6-7-14(4)18/h12-19H,5-11H2,1-4H3. The van der Waals surface area contributed by atoms with Gasteiger partial charge in [-0.05, 0) is 69.1 Å². The van der Waals surface area contributed by atoms with Crippen LogP contribution in [0.5, 0.6) is 0 Å². The van der Waals surface area contributed by atoms with Crippen LogP contribution in [0, 0.1) is 23.7 Å². The first-order valence-electron chi connectivity index (χ1n) is 8.31. The molecule has 114 valence electrons. The average Bonchev–Trinajstić information content (AvgIpc) is 2.60. The van der Waals surface area contributed by atoms with Crippen LogP contribution in [0.15, 0.2) is 0 Å². The molecule has 2 heteroatoms. The lowest BCUT2D eigenvalue weighted by Crippen LogP contribution is -2.18. The lowest BCUT2D eigenvalue weighted by Gasteiger charge is -2.24. The summed E-state index contributed by atoms with van der Waals surface area (Å²) in [6, 6.07) is 0. The van der Waals surface area contributed by atoms with Gasteiger partial charge >= 0.3 is 0 Å². The van der Waals surface area contributed by atoms with Gasteiger partial charge in [-0.1, -0.05) is 27.2 Å². The lowest BCUT2D eigenvalue weighted by atomic mass is 9.82. The van der Waals surface area contributed by atoms with Gasteiger partial charge in [-0.25, -0.2) is 0 Å². The van der Waals surface area contributed by atoms with Crippen molar-refractivity contribution in [2.45, 2.75) is 84.8 Å². The van der Waals surface area contributed by atoms with Gasteiger partial charge in [0.05, 0.1) is 12.2 Å². The maximum absolute atomic E-state index is 10.1. The highest BCUT2D eigenvalue weighted by molar-refractivity contribution is 4.86. The maximum atomic E-state index is 10.1. The van der Waals surface area contributed by atoms with E-state index in [9.17, 15) is 10.2 Å². The van der Waals surface area contributed by atoms with Gasteiger partial charge in [-0.15, -0.1) is 0 Å². The first-order valence-corrected chi connectivity index (χ1v) is 8.31. The molecule has 0 aromatic carbocycles. The van der Waals surface area contributed by atoms with Gasteiger partial charge in [0, 0.05) is 0 Å². The van der Waals surface area contributed by atoms with Crippen LogP contribution in [-0.4, -0.2) is 22.4 Å². The van der Waals surface area contributed by atoms with Gasteiger partial charge in [0.2, 0.25) is 0 Å². The van der Waals surface area contributed by atoms with Crippen molar-refractivity contribution in [1.29, 1.82) is 0 Å². The molecule has 0 aromatic heterocycles. The van der Waals surface area contributed by atoms with E-state index >= 15 is 0 Å². The maximum Gasteiger partial charge on any atom is 0.0540 e. The molecule has 19 heavy (non-hydrogen) atoms. The Bertz CT molecular complexity index is 239. The molecule has 1 aliphatic rings. The summed E-state index contributed by atoms with van der Waals surface area (Å²) in [5.74, 6) is 3.35. The zero-order chi connectivity index (χ0) is 14.4. The van der Waals surface area contributed by atoms with Crippen LogP contribution in [0.4, 0.5) is 0 Å². The molecular weight excluding hydrogens is 236 g/mol. The molecule has 1 rings (SSSR count). The Morgan fingerprint density at radius 2 is 1.63 bits per heavy atom. The highest BCUT2D eigenvalue weighted by atomic mass is 16.3. The number of hydrogen-bond acceptors (Lipinski definition) is 2. The minimum absolute atomic E-state index is 0.167. The molecule has 0 heterocycles. The van der Waals surface area contributed by atoms with E-state index in [1.54, 1.807) is 0 Å². The Hall–Kier alpha value is -0.0800. The summed E-state index contributed by atoms with van der Waals surface area (Å²) >= 11 is 0. The summed E-state index contributed by atoms with van der Waals surface area (Å²) in [4.78, 5) is 0. The van der Waals surface area contributed by atoms with E-state index in [4.69, 9.17) is 0 Å². The summed E-state index contributed by atoms with van der Waals surface area (Å²) < 4.78 is 0. The van der Waals surface area contributed by atoms with Crippen LogP contribution in [0.3, 0.4) is 0 Å². The summed E-state index contributed by atoms with van der Waals surface area (Å²) in [5, 5.41) is 19.3. The summed E-state index contributed by atoms with van der Waals surface area (Å²) in [5.41, 5.74) is 0. The summed E-state index contributed by atoms with van der Waals surface area (Å²) in [7, 11) is 0. The van der Waals surface area contributed by atoms with Gasteiger partial charge in [0.25, 0.3) is 0 Å². The van der Waals surface area contributed by atoms with E-state index in [1.165, 1.54) is 19.3 Å². The first-order chi connectivity index (χ1) is 8.95. The lowest BCUT2D eigenvalue weighted by molar-refractivity contribution is 0.121. The first kappa shape index (κ1) is 17.0. The monoisotopic (exact) mass is 270 g/mol. The SMILES string of the molecule is CCC1C(C)CC(C)C1CCC(O)CCCC(C)O. The van der Waals surface area contributed by atoms with Crippen molar-refractivity contribution in [2.75, 3.05) is 0 Å². The largest absolute Gasteiger partial charge is 0.393 e. The second-order valence-corrected chi connectivity index (χ2v) is 6.94. The van der Waals surface area contributed by atoms with E-state index < -0.39 is 0 Å². The second-order valence-electron chi connectivity index (χ2n) is 6.94. The van der Waals surface area contributed by atoms with Gasteiger partial charge in [0.1, 0.15) is 0 Å². The molecule has 0 radical (unpaired) electrons. The van der Waals surface area contributed by atoms with E-state index in [-0.39, 0.29) is 12.2 Å². The third-order valence-electron chi connectivity index (χ3n) is 5.22. The van der Waals surface area contributed by atoms with Crippen LogP contribution < -0.4 is 0 Å². The average molecular weight is 270 g/mol. The van der Waals surface area contributed by atoms with Crippen molar-refractivity contribution in [2.24, 2.45) is 23.7 Å². The van der Waals surface area contributed by atoms with Gasteiger partial charge in [-0.2, -0.15) is 0 Å². The smallest absolute Gasteiger partial charge is 0.0540 e. The van der Waals surface area contributed by atoms with Crippen LogP contribution in [0.25, 0.3) is 0 Å². The Labute approximate surface area is 119 Å². The highest BCUT2D eigenvalue weighted by Crippen LogP contribution is 2.45. The molecule has 0 bridgehead atoms. The Kier molecular flexibility index (Phi) is 7.38. The van der Waals surface area contributed by atoms with E-state index in [0.717, 1.165) is 49.4 Å². The molecule has 1 fully saturated rings. The van der Waals surface area contributed by atoms with Gasteiger partial charge < -0.3 is 10.2 Å². The second kappa shape index (κ2) is 8.26. The minimum Gasteiger partial charge on any atom is -0.393 e. The molecular formula is C17H34O2. The fourth-order valence-electron chi connectivity index (χ4n) is 4.16. The fraction of sp³-hybridized carbons (Fsp3) is 1.00. The molecule has 6 unspecified atom stereocenters. The molecule has 6 atom stereocenters. The topological polar surface area (TPSA) is 40.5 Å². The fourth-order valence-corrected chi connectivity index (χ4v) is 4.16. The van der Waals surface area contributed by atoms with Crippen molar-refractivity contribution in [3.8, 4) is 0 Å². The molecule has 0 amide bonds. The predicted octanol–water partition coefficient (Wildman–Crippen LogP) is 4.00. The highest BCUT2D eigenvalue weighted by Gasteiger charge is 2.37. The molecule has 0 aromatic rings. The quantitative estimate of drug-likeness (QED) is 0.700. The number of hydrogen-bond donors (Lipinski definition) is 2. The van der Waals surface area contributed by atoms with E-state index in [0.29, 0.717) is 0 Å². The Morgan fingerprint density at radius 1 is 1.00 bits per heavy atom. The minimum atomic E-state index is -0.229. The Morgan fingerprint density at radius 3 is 2.21 bits per heavy atom. The number of rotatable bonds is 8. The van der Waals surface area contributed by atoms with Crippen LogP contribution in [-0.2, 0) is 0 Å². The van der Waals surface area contributed by atoms with E-state index in [1.807, 2.05) is 6.92 Å². The zero-order valence-corrected chi connectivity index (χ0v) is 13.3. The van der Waals surface area contributed by atoms with Gasteiger partial charge in [0.15, 0.2) is 0 Å². The van der Waals surface area contributed by atoms with Crippen LogP contribution in [0.1, 0.15) is 72.6 Å². The zero-order valence-electron chi connectivity index (χ0n) is 13.3. The normalized spacial score (nSPS) is 34.4. The van der Waals surface area contributed by atoms with Crippen molar-refractivity contribution in [1.82, 2.24) is 0 Å². The van der Waals surface area contributed by atoms with Gasteiger partial charge in [-0.3, -0.25) is 0 Å². The van der Waals surface area contributed by atoms with Crippen LogP contribution in [0.2, 0.25) is 0 Å². The van der Waals surface area contributed by atoms with Crippen molar-refractivity contribution >= 4 is 0 Å². The van der Waals surface area contributed by atoms with Crippen LogP contribution >= 0.6 is 0 Å². The third kappa shape index (κ3) is 5.43. The predicted molar refractivity (Wildman–Crippen MR) is 81.0 cm³/mol. The third-order valence-corrected chi connectivity index (χ3v) is 5.22. The molecule has 2 N–H and O–H groups in total. The number of aliphatic hydroxyl groups is 2.